The number of nitrogens with one attached hydrogen (secondary N) is 1. The van der Waals surface area contributed by atoms with Gasteiger partial charge in [-0.15, -0.1) is 0 Å². The molecule has 0 spiro atoms. The number of rotatable bonds is 30. The molecule has 8 aliphatic rings. The van der Waals surface area contributed by atoms with Crippen LogP contribution in [0.3, 0.4) is 0 Å². The van der Waals surface area contributed by atoms with E-state index in [1.807, 2.05) is 0 Å². The number of hydrogen-bond donors (Lipinski definition) is 22. The third kappa shape index (κ3) is 18.7. The minimum absolute atomic E-state index is 0.0431. The van der Waals surface area contributed by atoms with Gasteiger partial charge in [0.15, 0.2) is 68.4 Å². The smallest absolute Gasteiger partial charge is 0.335 e. The van der Waals surface area contributed by atoms with Gasteiger partial charge < -0.3 is 184 Å². The Labute approximate surface area is 586 Å². The highest BCUT2D eigenvalue weighted by atomic mass is 16.8. The number of carboxylic acids is 4. The van der Waals surface area contributed by atoms with E-state index in [1.165, 1.54) is 27.7 Å². The maximum absolute atomic E-state index is 12.9. The molecular weight excluding hydrogens is 1400 g/mol. The number of hydrogen-bond acceptors (Lipinski definition) is 37. The molecule has 7 heterocycles. The molecule has 7 saturated heterocycles. The van der Waals surface area contributed by atoms with Crippen molar-refractivity contribution in [2.75, 3.05) is 39.6 Å². The topological polar surface area (TPSA) is 661 Å². The molecule has 0 aromatic carbocycles. The molecule has 103 heavy (non-hydrogen) atoms. The summed E-state index contributed by atoms with van der Waals surface area (Å²) in [7, 11) is 0. The van der Waals surface area contributed by atoms with E-state index < -0.39 is 295 Å². The fourth-order valence-electron chi connectivity index (χ4n) is 13.7. The van der Waals surface area contributed by atoms with E-state index >= 15 is 0 Å². The van der Waals surface area contributed by atoms with Crippen molar-refractivity contribution in [2.45, 2.75) is 282 Å². The summed E-state index contributed by atoms with van der Waals surface area (Å²) in [5.74, 6) is -13.2. The molecule has 42 nitrogen and oxygen atoms in total. The molecule has 8 rings (SSSR count). The summed E-state index contributed by atoms with van der Waals surface area (Å²) in [6.45, 7) is 3.52. The Balaban J connectivity index is 0.854. The molecule has 594 valence electrons. The van der Waals surface area contributed by atoms with E-state index in [0.29, 0.717) is 32.2 Å². The van der Waals surface area contributed by atoms with E-state index in [0.717, 1.165) is 0 Å². The number of ether oxygens (including phenoxy) is 15. The highest BCUT2D eigenvalue weighted by molar-refractivity contribution is 5.76. The lowest BCUT2D eigenvalue weighted by Gasteiger charge is -2.50. The molecule has 0 radical (unpaired) electrons. The largest absolute Gasteiger partial charge is 0.479 e. The fraction of sp³-hybridized carbons (Fsp3) is 0.918. The summed E-state index contributed by atoms with van der Waals surface area (Å²) in [5, 5.41) is 232. The van der Waals surface area contributed by atoms with Crippen LogP contribution >= 0.6 is 0 Å². The lowest BCUT2D eigenvalue weighted by atomic mass is 9.76. The lowest BCUT2D eigenvalue weighted by molar-refractivity contribution is -0.387. The predicted molar refractivity (Wildman–Crippen MR) is 323 cm³/mol. The molecule has 1 aliphatic carbocycles. The number of aliphatic hydroxyl groups is 17. The fourth-order valence-corrected chi connectivity index (χ4v) is 13.7. The van der Waals surface area contributed by atoms with E-state index in [4.69, 9.17) is 71.1 Å². The Morgan fingerprint density at radius 3 is 0.990 bits per heavy atom. The first kappa shape index (κ1) is 84.7. The van der Waals surface area contributed by atoms with Crippen molar-refractivity contribution in [1.29, 1.82) is 0 Å². The average molecular weight is 1500 g/mol. The van der Waals surface area contributed by atoms with Gasteiger partial charge >= 0.3 is 23.9 Å². The number of aliphatic carboxylic acids is 4. The molecule has 40 unspecified atom stereocenters. The maximum atomic E-state index is 12.9. The van der Waals surface area contributed by atoms with Crippen molar-refractivity contribution in [1.82, 2.24) is 5.32 Å². The zero-order valence-electron chi connectivity index (χ0n) is 56.4. The van der Waals surface area contributed by atoms with Gasteiger partial charge in [-0.05, 0) is 25.7 Å². The minimum atomic E-state index is -2.33. The second kappa shape index (κ2) is 37.0. The van der Waals surface area contributed by atoms with Crippen molar-refractivity contribution >= 4 is 29.8 Å². The molecule has 0 aromatic heterocycles. The molecule has 8 fully saturated rings. The Morgan fingerprint density at radius 2 is 0.670 bits per heavy atom. The third-order valence-corrected chi connectivity index (χ3v) is 20.2. The Bertz CT molecular complexity index is 2720. The highest BCUT2D eigenvalue weighted by Gasteiger charge is 2.61. The predicted octanol–water partition coefficient (Wildman–Crippen LogP) is -10.6. The van der Waals surface area contributed by atoms with Crippen LogP contribution in [0.15, 0.2) is 0 Å². The van der Waals surface area contributed by atoms with Gasteiger partial charge in [-0.2, -0.15) is 0 Å². The second-order valence-corrected chi connectivity index (χ2v) is 27.1. The van der Waals surface area contributed by atoms with Crippen LogP contribution in [-0.2, 0) is 95.0 Å². The summed E-state index contributed by atoms with van der Waals surface area (Å²) in [6, 6.07) is 0. The normalized spacial score (nSPS) is 47.7. The van der Waals surface area contributed by atoms with Crippen LogP contribution in [-0.4, -0.2) is 392 Å². The van der Waals surface area contributed by atoms with E-state index in [9.17, 15) is 131 Å². The Kier molecular flexibility index (Phi) is 30.4. The zero-order chi connectivity index (χ0) is 76.1. The number of carbonyl (C=O) groups excluding carboxylic acids is 1. The van der Waals surface area contributed by atoms with Gasteiger partial charge in [-0.1, -0.05) is 34.6 Å². The SMILES string of the molecule is CCC(=O)NCCCCCOC1OC(C(=O)O)C(OC2OC(CO)C(OC3OC(C(=O)O)C(OC4OC(CO)C(OC5OC(C(=O)O)C(OC6OC(CO)C(OC7OC(C(=O)O)C(OC8CC(CO)C(O)C(O)C8C)C(O)C7O)C(O)C6C)C(O)C5O)C(O)C4C)C(O)C3O)C(O)C2C)C(O)C1O. The van der Waals surface area contributed by atoms with Gasteiger partial charge in [0.1, 0.15) is 110 Å². The Hall–Kier alpha value is -3.93. The molecule has 0 bridgehead atoms. The molecule has 7 aliphatic heterocycles. The van der Waals surface area contributed by atoms with Crippen LogP contribution in [0, 0.1) is 29.6 Å². The van der Waals surface area contributed by atoms with Crippen LogP contribution < -0.4 is 5.32 Å². The Morgan fingerprint density at radius 1 is 0.350 bits per heavy atom. The summed E-state index contributed by atoms with van der Waals surface area (Å²) < 4.78 is 86.1. The van der Waals surface area contributed by atoms with Crippen LogP contribution in [0.4, 0.5) is 0 Å². The van der Waals surface area contributed by atoms with Gasteiger partial charge in [0, 0.05) is 55.8 Å². The molecule has 0 aromatic rings. The standard InChI is InChI=1S/C61H99NO41/c1-6-26(67)62-10-8-7-9-11-89-58-36(77)32(73)44(48(100-58)52(83)84)97-55-18(3)28(69)41(24(15-65)91-55)95-60-38(79)34(75)46(50(102-60)54(87)88)99-57-20(5)30(71)42(25(16-66)93-57)96-61-39(80)35(76)45(49(103-61)53(85)86)98-56-19(4)29(70)40(23(14-64)92-56)94-59-37(78)33(74)43(47(101-59)51(81)82)90-22-12-21(13-63)31(72)27(68)17(22)2/h17-25,27-50,55-61,63-66,68-80H,6-16H2,1-5H3,(H,62,67)(H,81,82)(H,83,84)(H,85,86)(H,87,88). The summed E-state index contributed by atoms with van der Waals surface area (Å²) in [6.07, 6.45) is -66.1. The van der Waals surface area contributed by atoms with E-state index in [1.54, 1.807) is 6.92 Å². The molecule has 1 amide bonds. The molecule has 22 N–H and O–H groups in total. The number of aliphatic hydroxyl groups excluding tert-OH is 17. The molecular formula is C61H99NO41. The van der Waals surface area contributed by atoms with Crippen LogP contribution in [0.2, 0.25) is 0 Å². The van der Waals surface area contributed by atoms with Gasteiger partial charge in [0.2, 0.25) is 5.91 Å². The van der Waals surface area contributed by atoms with E-state index in [-0.39, 0.29) is 18.9 Å². The highest BCUT2D eigenvalue weighted by Crippen LogP contribution is 2.42. The van der Waals surface area contributed by atoms with E-state index in [2.05, 4.69) is 5.32 Å². The van der Waals surface area contributed by atoms with Crippen LogP contribution in [0.5, 0.6) is 0 Å². The lowest BCUT2D eigenvalue weighted by Crippen LogP contribution is -2.67. The van der Waals surface area contributed by atoms with Crippen molar-refractivity contribution < 1.29 is 202 Å². The van der Waals surface area contributed by atoms with Gasteiger partial charge in [-0.3, -0.25) is 4.79 Å². The number of amides is 1. The van der Waals surface area contributed by atoms with Gasteiger partial charge in [0.25, 0.3) is 0 Å². The molecule has 1 saturated carbocycles. The number of unbranched alkanes of at least 4 members (excludes halogenated alkanes) is 2. The summed E-state index contributed by atoms with van der Waals surface area (Å²) in [5.41, 5.74) is 0. The van der Waals surface area contributed by atoms with Crippen molar-refractivity contribution in [3.05, 3.63) is 0 Å². The molecule has 40 atom stereocenters. The molecule has 42 heteroatoms. The van der Waals surface area contributed by atoms with Crippen LogP contribution in [0.25, 0.3) is 0 Å². The van der Waals surface area contributed by atoms with Crippen molar-refractivity contribution in [2.24, 2.45) is 29.6 Å². The zero-order valence-corrected chi connectivity index (χ0v) is 56.4. The average Bonchev–Trinajstić information content (AvgIpc) is 0.774. The van der Waals surface area contributed by atoms with Crippen molar-refractivity contribution in [3.63, 3.8) is 0 Å². The third-order valence-electron chi connectivity index (χ3n) is 20.2. The second-order valence-electron chi connectivity index (χ2n) is 27.1. The monoisotopic (exact) mass is 1500 g/mol. The summed E-state index contributed by atoms with van der Waals surface area (Å²) in [4.78, 5) is 62.2. The van der Waals surface area contributed by atoms with Crippen molar-refractivity contribution in [3.8, 4) is 0 Å². The first-order valence-corrected chi connectivity index (χ1v) is 33.9. The first-order valence-electron chi connectivity index (χ1n) is 33.9. The van der Waals surface area contributed by atoms with Crippen LogP contribution in [0.1, 0.15) is 66.7 Å². The van der Waals surface area contributed by atoms with Gasteiger partial charge in [-0.25, -0.2) is 19.2 Å². The number of carboxylic acid groups (broad SMARTS) is 4. The van der Waals surface area contributed by atoms with Gasteiger partial charge in [0.05, 0.1) is 56.4 Å². The minimum Gasteiger partial charge on any atom is -0.479 e. The summed E-state index contributed by atoms with van der Waals surface area (Å²) >= 11 is 0. The quantitative estimate of drug-likeness (QED) is 0.0297. The maximum Gasteiger partial charge on any atom is 0.335 e. The number of carbonyl (C=O) groups is 5. The first-order chi connectivity index (χ1) is 48.7.